The van der Waals surface area contributed by atoms with Gasteiger partial charge < -0.3 is 0 Å². The summed E-state index contributed by atoms with van der Waals surface area (Å²) in [6.45, 7) is 12.3. The monoisotopic (exact) mass is 368 g/mol. The summed E-state index contributed by atoms with van der Waals surface area (Å²) in [6, 6.07) is 6.70. The highest BCUT2D eigenvalue weighted by Crippen LogP contribution is 2.27. The van der Waals surface area contributed by atoms with Gasteiger partial charge in [-0.2, -0.15) is 0 Å². The number of hydroxylamine groups is 3. The molecule has 1 atom stereocenters. The van der Waals surface area contributed by atoms with Crippen molar-refractivity contribution in [1.82, 2.24) is 0 Å². The van der Waals surface area contributed by atoms with E-state index in [1.807, 2.05) is 0 Å². The Kier molecular flexibility index (Phi) is 9.57. The van der Waals surface area contributed by atoms with Crippen LogP contribution in [-0.4, -0.2) is 24.3 Å². The molecule has 5 heteroatoms. The molecule has 0 aliphatic heterocycles. The second kappa shape index (κ2) is 10.9. The fourth-order valence-electron chi connectivity index (χ4n) is 2.81. The zero-order chi connectivity index (χ0) is 18.8. The van der Waals surface area contributed by atoms with Gasteiger partial charge in [0.2, 0.25) is 4.90 Å². The smallest absolute Gasteiger partial charge is 0.127 e. The molecule has 1 unspecified atom stereocenters. The van der Waals surface area contributed by atoms with E-state index in [0.29, 0.717) is 0 Å². The summed E-state index contributed by atoms with van der Waals surface area (Å²) in [6.07, 6.45) is 7.64. The van der Waals surface area contributed by atoms with Crippen LogP contribution in [0.25, 0.3) is 6.08 Å². The summed E-state index contributed by atoms with van der Waals surface area (Å²) < 4.78 is 31.8. The van der Waals surface area contributed by atoms with Crippen LogP contribution < -0.4 is 0 Å². The van der Waals surface area contributed by atoms with Crippen molar-refractivity contribution in [3.8, 4) is 0 Å². The van der Waals surface area contributed by atoms with Crippen LogP contribution in [-0.2, 0) is 23.5 Å². The molecular formula is C20H34NO3S+2. The van der Waals surface area contributed by atoms with E-state index in [1.165, 1.54) is 0 Å². The maximum absolute atomic E-state index is 12.9. The van der Waals surface area contributed by atoms with Gasteiger partial charge in [0, 0.05) is 12.1 Å². The second-order valence-electron chi connectivity index (χ2n) is 6.59. The molecule has 1 rings (SSSR count). The van der Waals surface area contributed by atoms with Gasteiger partial charge in [0.15, 0.2) is 0 Å². The molecule has 25 heavy (non-hydrogen) atoms. The topological polar surface area (TPSA) is 46.2 Å². The van der Waals surface area contributed by atoms with E-state index in [9.17, 15) is 8.76 Å². The third-order valence-corrected chi connectivity index (χ3v) is 5.78. The number of benzene rings is 1. The van der Waals surface area contributed by atoms with Crippen LogP contribution in [0.1, 0.15) is 64.9 Å². The summed E-state index contributed by atoms with van der Waals surface area (Å²) in [5.74, 6) is 0. The number of rotatable bonds is 13. The van der Waals surface area contributed by atoms with Gasteiger partial charge in [-0.25, -0.2) is 0 Å². The summed E-state index contributed by atoms with van der Waals surface area (Å²) in [7, 11) is -3.80. The van der Waals surface area contributed by atoms with Crippen LogP contribution in [0.5, 0.6) is 0 Å². The summed E-state index contributed by atoms with van der Waals surface area (Å²) in [5, 5.41) is 0. The fraction of sp³-hybridized carbons (Fsp3) is 0.600. The number of unbranched alkanes of at least 4 members (excludes halogenated alkanes) is 3. The Morgan fingerprint density at radius 3 is 1.76 bits per heavy atom. The molecule has 1 aromatic carbocycles. The van der Waals surface area contributed by atoms with Gasteiger partial charge in [0.1, 0.15) is 19.6 Å². The Morgan fingerprint density at radius 1 is 0.960 bits per heavy atom. The first-order chi connectivity index (χ1) is 11.9. The Morgan fingerprint density at radius 2 is 1.40 bits per heavy atom. The standard InChI is InChI=1S/C20H34NO3S/c1-5-9-16-21(17-10-6-2,18-11-7-3)24-25(22,23)20-14-12-19(8-4)13-15-20/h8,12-15H,4-7,9-11,16-18H2,1-3H3/q+2. The van der Waals surface area contributed by atoms with Crippen molar-refractivity contribution >= 4 is 16.6 Å². The molecule has 0 bridgehead atoms. The van der Waals surface area contributed by atoms with Crippen LogP contribution in [0.3, 0.4) is 0 Å². The third-order valence-electron chi connectivity index (χ3n) is 4.42. The molecule has 0 aliphatic carbocycles. The minimum Gasteiger partial charge on any atom is -0.127 e. The number of hydrogen-bond donors (Lipinski definition) is 0. The van der Waals surface area contributed by atoms with Crippen LogP contribution in [0.2, 0.25) is 0 Å². The van der Waals surface area contributed by atoms with E-state index in [-0.39, 0.29) is 9.54 Å². The highest BCUT2D eigenvalue weighted by molar-refractivity contribution is 7.92. The lowest BCUT2D eigenvalue weighted by Gasteiger charge is -2.31. The highest BCUT2D eigenvalue weighted by Gasteiger charge is 2.47. The molecular weight excluding hydrogens is 334 g/mol. The Labute approximate surface area is 154 Å². The molecule has 0 aromatic heterocycles. The van der Waals surface area contributed by atoms with Gasteiger partial charge in [-0.3, -0.25) is 0 Å². The first kappa shape index (κ1) is 22.0. The summed E-state index contributed by atoms with van der Waals surface area (Å²) in [5.41, 5.74) is 0.891. The van der Waals surface area contributed by atoms with Gasteiger partial charge in [-0.1, -0.05) is 52.7 Å². The lowest BCUT2D eigenvalue weighted by atomic mass is 10.2. The first-order valence-electron chi connectivity index (χ1n) is 9.47. The lowest BCUT2D eigenvalue weighted by molar-refractivity contribution is -1.08. The molecule has 0 heterocycles. The van der Waals surface area contributed by atoms with E-state index in [4.69, 9.17) is 4.28 Å². The molecule has 4 nitrogen and oxygen atoms in total. The molecule has 1 radical (unpaired) electrons. The fourth-order valence-corrected chi connectivity index (χ4v) is 4.00. The predicted molar refractivity (Wildman–Crippen MR) is 104 cm³/mol. The maximum atomic E-state index is 12.9. The van der Waals surface area contributed by atoms with Crippen molar-refractivity contribution < 1.29 is 17.7 Å². The van der Waals surface area contributed by atoms with Crippen molar-refractivity contribution in [2.45, 2.75) is 64.2 Å². The number of hydrogen-bond acceptors (Lipinski definition) is 2. The molecule has 0 saturated carbocycles. The quantitative estimate of drug-likeness (QED) is 0.258. The predicted octanol–water partition coefficient (Wildman–Crippen LogP) is 5.60. The summed E-state index contributed by atoms with van der Waals surface area (Å²) in [4.78, 5) is 0.213. The molecule has 0 N–H and O–H groups in total. The summed E-state index contributed by atoms with van der Waals surface area (Å²) >= 11 is 0. The van der Waals surface area contributed by atoms with Gasteiger partial charge in [-0.15, -0.1) is 4.65 Å². The van der Waals surface area contributed by atoms with E-state index < -0.39 is 10.5 Å². The molecule has 0 aliphatic rings. The molecule has 141 valence electrons. The van der Waals surface area contributed by atoms with Gasteiger partial charge >= 0.3 is 10.5 Å². The highest BCUT2D eigenvalue weighted by atomic mass is 32.3. The largest absolute Gasteiger partial charge is 0.482 e. The maximum Gasteiger partial charge on any atom is 0.482 e. The average Bonchev–Trinajstić information content (AvgIpc) is 2.62. The Hall–Kier alpha value is -1.01. The van der Waals surface area contributed by atoms with Crippen LogP contribution in [0, 0.1) is 0 Å². The molecule has 0 saturated heterocycles. The van der Waals surface area contributed by atoms with Crippen molar-refractivity contribution in [1.29, 1.82) is 0 Å². The Bertz CT molecular complexity index is 535. The first-order valence-corrected chi connectivity index (χ1v) is 10.9. The van der Waals surface area contributed by atoms with Crippen molar-refractivity contribution in [2.24, 2.45) is 0 Å². The molecule has 0 amide bonds. The SMILES string of the molecule is C=Cc1ccc([S+]([O])(=O)O[N+](CCCC)(CCCC)CCCC)cc1. The van der Waals surface area contributed by atoms with E-state index >= 15 is 0 Å². The van der Waals surface area contributed by atoms with Gasteiger partial charge in [-0.05, 0) is 41.2 Å². The van der Waals surface area contributed by atoms with Crippen LogP contribution in [0.4, 0.5) is 0 Å². The minimum absolute atomic E-state index is 0.209. The number of nitrogens with zero attached hydrogens (tertiary/aromatic N) is 1. The normalized spacial score (nSPS) is 14.2. The number of quaternary nitrogens is 1. The average molecular weight is 369 g/mol. The zero-order valence-electron chi connectivity index (χ0n) is 16.0. The van der Waals surface area contributed by atoms with Crippen LogP contribution in [0.15, 0.2) is 35.7 Å². The third kappa shape index (κ3) is 7.02. The van der Waals surface area contributed by atoms with Crippen molar-refractivity contribution in [2.75, 3.05) is 19.6 Å². The van der Waals surface area contributed by atoms with E-state index in [2.05, 4.69) is 27.4 Å². The Balaban J connectivity index is 3.08. The van der Waals surface area contributed by atoms with E-state index in [1.54, 1.807) is 30.3 Å². The second-order valence-corrected chi connectivity index (χ2v) is 8.12. The molecule has 1 aromatic rings. The van der Waals surface area contributed by atoms with Crippen molar-refractivity contribution in [3.05, 3.63) is 36.4 Å². The molecule has 0 spiro atoms. The van der Waals surface area contributed by atoms with Gasteiger partial charge in [0.05, 0.1) is 8.84 Å². The van der Waals surface area contributed by atoms with Gasteiger partial charge in [0.25, 0.3) is 0 Å². The lowest BCUT2D eigenvalue weighted by Crippen LogP contribution is -2.52. The van der Waals surface area contributed by atoms with Crippen molar-refractivity contribution in [3.63, 3.8) is 0 Å². The van der Waals surface area contributed by atoms with Crippen LogP contribution >= 0.6 is 0 Å². The zero-order valence-corrected chi connectivity index (χ0v) is 16.9. The minimum atomic E-state index is -3.80. The molecule has 0 fully saturated rings. The van der Waals surface area contributed by atoms with E-state index in [0.717, 1.165) is 63.7 Å².